The maximum Gasteiger partial charge on any atom is 0.335 e. The molecule has 2 aliphatic rings. The van der Waals surface area contributed by atoms with Gasteiger partial charge in [0.2, 0.25) is 34.2 Å². The van der Waals surface area contributed by atoms with Gasteiger partial charge in [0.05, 0.1) is 11.1 Å². The highest BCUT2D eigenvalue weighted by molar-refractivity contribution is 8.01. The Balaban J connectivity index is 0.000000139. The summed E-state index contributed by atoms with van der Waals surface area (Å²) in [7, 11) is 12.6. The highest BCUT2D eigenvalue weighted by Gasteiger charge is 2.64. The molecule has 6 heterocycles. The average molecular weight is 1520 g/mol. The van der Waals surface area contributed by atoms with E-state index in [0.29, 0.717) is 27.1 Å². The number of carbonyl (C=O) groups excluding carboxylic acids is 2. The number of carboxylic acids is 3. The van der Waals surface area contributed by atoms with E-state index >= 15 is 0 Å². The molecule has 2 amide bonds. The van der Waals surface area contributed by atoms with Crippen molar-refractivity contribution in [2.45, 2.75) is 76.2 Å². The molecular weight excluding hydrogens is 1430 g/mol. The molecule has 0 radical (unpaired) electrons. The molecule has 2 aliphatic heterocycles. The lowest BCUT2D eigenvalue weighted by Gasteiger charge is -2.43. The first-order valence-electron chi connectivity index (χ1n) is 36.5. The number of phenolic OH excluding ortho intramolecular Hbond substituents is 1. The van der Waals surface area contributed by atoms with E-state index in [9.17, 15) is 54.6 Å². The SMILES string of the molecule is CC1(C)S[C@@H]2[C@H](NC(=O)[C@H](N)c3ccc(O)cc3)C(=O)N2[C@H]1C(=O)O.Cc1cc(/C=C/c2ccc3cc(N(C)C)ccc3[n+]2C)c(C)n1-c1ccccc1.Cc1cc(/C=C/c2ccc3cc(N(C)C)ccc3[n+]2C)c(C)n1-c1ccccc1.O=C(O)c1cc2ccccc2c(Cc2c([O-])c(C(=O)O)cc3ccccc23)c1[O-]. The number of β-lactam (4-membered cyclic amide) rings is 1. The maximum absolute atomic E-state index is 12.9. The van der Waals surface area contributed by atoms with Gasteiger partial charge < -0.3 is 65.5 Å². The molecule has 4 atom stereocenters. The van der Waals surface area contributed by atoms with Gasteiger partial charge in [0.1, 0.15) is 43.3 Å². The van der Waals surface area contributed by atoms with Gasteiger partial charge in [0.25, 0.3) is 0 Å². The van der Waals surface area contributed by atoms with Crippen molar-refractivity contribution in [1.82, 2.24) is 19.4 Å². The summed E-state index contributed by atoms with van der Waals surface area (Å²) >= 11 is 1.35. The Kier molecular flexibility index (Phi) is 22.9. The van der Waals surface area contributed by atoms with E-state index in [1.165, 1.54) is 143 Å². The Hall–Kier alpha value is -13.0. The van der Waals surface area contributed by atoms with Gasteiger partial charge in [0.15, 0.2) is 0 Å². The maximum atomic E-state index is 12.9. The Labute approximate surface area is 654 Å². The van der Waals surface area contributed by atoms with Crippen molar-refractivity contribution < 1.29 is 63.7 Å². The molecule has 13 aromatic rings. The van der Waals surface area contributed by atoms with Crippen molar-refractivity contribution in [2.75, 3.05) is 38.0 Å². The van der Waals surface area contributed by atoms with E-state index in [-0.39, 0.29) is 34.4 Å². The molecule has 0 spiro atoms. The van der Waals surface area contributed by atoms with Gasteiger partial charge in [-0.25, -0.2) is 14.4 Å². The number of phenols is 1. The predicted molar refractivity (Wildman–Crippen MR) is 441 cm³/mol. The number of anilines is 2. The van der Waals surface area contributed by atoms with Crippen LogP contribution in [0.25, 0.3) is 79.0 Å². The van der Waals surface area contributed by atoms with Crippen LogP contribution >= 0.6 is 11.8 Å². The van der Waals surface area contributed by atoms with Crippen LogP contribution in [-0.4, -0.2) is 115 Å². The molecule has 0 saturated carbocycles. The van der Waals surface area contributed by atoms with E-state index in [0.717, 1.165) is 0 Å². The number of thioether (sulfide) groups is 1. The number of aliphatic carboxylic acids is 1. The second-order valence-corrected chi connectivity index (χ2v) is 30.7. The van der Waals surface area contributed by atoms with Crippen LogP contribution in [0.15, 0.2) is 218 Å². The number of nitrogens with zero attached hydrogens (tertiary/aromatic N) is 7. The summed E-state index contributed by atoms with van der Waals surface area (Å²) in [6.07, 6.45) is 8.68. The van der Waals surface area contributed by atoms with Crippen LogP contribution in [0.2, 0.25) is 0 Å². The third kappa shape index (κ3) is 16.1. The number of fused-ring (bicyclic) bond motifs is 5. The van der Waals surface area contributed by atoms with Crippen LogP contribution < -0.4 is 40.2 Å². The van der Waals surface area contributed by atoms with Crippen LogP contribution in [-0.2, 0) is 34.9 Å². The summed E-state index contributed by atoms with van der Waals surface area (Å²) in [6, 6.07) is 67.0. The lowest BCUT2D eigenvalue weighted by molar-refractivity contribution is -0.646. The number of aryl methyl sites for hydroxylation is 4. The number of benzene rings is 9. The average Bonchev–Trinajstić information content (AvgIpc) is 1.55. The number of pyridine rings is 2. The van der Waals surface area contributed by atoms with Crippen LogP contribution in [0.1, 0.15) is 103 Å². The number of carbonyl (C=O) groups is 5. The van der Waals surface area contributed by atoms with Crippen molar-refractivity contribution >= 4 is 121 Å². The van der Waals surface area contributed by atoms with Crippen LogP contribution in [0, 0.1) is 27.7 Å². The number of aromatic nitrogens is 4. The standard InChI is InChI=1S/2C26H28N3.C23H16O6.C16H19N3O5S/c2*1-19-17-21(20(2)29(19)24-9-7-6-8-10-24)11-13-23-14-12-22-18-25(27(3)4)15-16-26(22)28(23)5;24-20-16(14-7-3-1-5-12(14)9-18(20)22(26)27)11-17-15-8-4-2-6-13(15)10-19(21(17)25)23(28)29;1-16(2)11(15(23)24)19-13(22)10(14(19)25-16)18-12(21)9(17)7-3-5-8(20)6-4-7/h2*6-18H,1-5H3;1-10,24-25H,11H2,(H,26,27)(H,28,29);3-6,9-11,14,20H,17H2,1-2H3,(H,18,21)(H,23,24)/q2*+1;;/p-2/t;;;9-,10-,11+,14-/m...1/s1. The Morgan fingerprint density at radius 1 is 0.554 bits per heavy atom. The monoisotopic (exact) mass is 1520 g/mol. The fourth-order valence-corrected chi connectivity index (χ4v) is 16.4. The predicted octanol–water partition coefficient (Wildman–Crippen LogP) is 13.8. The number of carboxylic acid groups (broad SMARTS) is 3. The number of hydrogen-bond acceptors (Lipinski definition) is 12. The van der Waals surface area contributed by atoms with E-state index < -0.39 is 69.5 Å². The lowest BCUT2D eigenvalue weighted by atomic mass is 9.90. The zero-order valence-corrected chi connectivity index (χ0v) is 65.2. The molecule has 7 N–H and O–H groups in total. The normalized spacial score (nSPS) is 15.1. The van der Waals surface area contributed by atoms with Gasteiger partial charge in [-0.15, -0.1) is 11.8 Å². The summed E-state index contributed by atoms with van der Waals surface area (Å²) in [4.78, 5) is 64.8. The Bertz CT molecular complexity index is 5580. The molecule has 9 aromatic carbocycles. The van der Waals surface area contributed by atoms with Gasteiger partial charge in [-0.3, -0.25) is 9.59 Å². The van der Waals surface area contributed by atoms with E-state index in [1.54, 1.807) is 62.4 Å². The van der Waals surface area contributed by atoms with Gasteiger partial charge in [0, 0.05) is 126 Å². The third-order valence-electron chi connectivity index (χ3n) is 20.8. The molecule has 0 aliphatic carbocycles. The summed E-state index contributed by atoms with van der Waals surface area (Å²) in [5.41, 5.74) is 23.1. The number of aromatic hydroxyl groups is 1. The van der Waals surface area contributed by atoms with Crippen LogP contribution in [0.3, 0.4) is 0 Å². The summed E-state index contributed by atoms with van der Waals surface area (Å²) < 4.78 is 8.47. The fourth-order valence-electron chi connectivity index (χ4n) is 14.8. The summed E-state index contributed by atoms with van der Waals surface area (Å²) in [5.74, 6) is -6.00. The minimum absolute atomic E-state index is 0.0606. The lowest BCUT2D eigenvalue weighted by Crippen LogP contribution is -2.71. The van der Waals surface area contributed by atoms with Crippen LogP contribution in [0.5, 0.6) is 17.2 Å². The van der Waals surface area contributed by atoms with E-state index in [2.05, 4.69) is 261 Å². The molecule has 15 rings (SSSR count). The number of aromatic carboxylic acids is 2. The first-order valence-corrected chi connectivity index (χ1v) is 37.3. The van der Waals surface area contributed by atoms with Crippen molar-refractivity contribution in [1.29, 1.82) is 0 Å². The zero-order valence-electron chi connectivity index (χ0n) is 64.4. The second-order valence-electron chi connectivity index (χ2n) is 28.9. The smallest absolute Gasteiger partial charge is 0.335 e. The molecule has 112 heavy (non-hydrogen) atoms. The third-order valence-corrected chi connectivity index (χ3v) is 22.4. The quantitative estimate of drug-likeness (QED) is 0.0387. The number of rotatable bonds is 16. The molecule has 570 valence electrons. The molecule has 2 fully saturated rings. The molecule has 0 bridgehead atoms. The first-order chi connectivity index (χ1) is 53.4. The number of amides is 2. The second kappa shape index (κ2) is 32.7. The van der Waals surface area contributed by atoms with Gasteiger partial charge >= 0.3 is 17.9 Å². The van der Waals surface area contributed by atoms with Gasteiger partial charge in [-0.05, 0) is 207 Å². The number of nitrogens with one attached hydrogen (secondary N) is 1. The Morgan fingerprint density at radius 2 is 0.973 bits per heavy atom. The van der Waals surface area contributed by atoms with E-state index in [4.69, 9.17) is 5.73 Å². The molecule has 0 unspecified atom stereocenters. The summed E-state index contributed by atoms with van der Waals surface area (Å²) in [6.45, 7) is 12.2. The van der Waals surface area contributed by atoms with Crippen molar-refractivity contribution in [2.24, 2.45) is 19.8 Å². The Morgan fingerprint density at radius 3 is 1.38 bits per heavy atom. The molecule has 21 heteroatoms. The molecule has 20 nitrogen and oxygen atoms in total. The highest BCUT2D eigenvalue weighted by Crippen LogP contribution is 2.51. The topological polar surface area (TPSA) is 278 Å². The minimum Gasteiger partial charge on any atom is -0.872 e. The zero-order chi connectivity index (χ0) is 80.3. The highest BCUT2D eigenvalue weighted by atomic mass is 32.2. The van der Waals surface area contributed by atoms with E-state index in [1.807, 2.05) is 0 Å². The number of hydrogen-bond donors (Lipinski definition) is 6. The molecule has 2 saturated heterocycles. The fraction of sp³-hybridized carbons (Fsp3) is 0.198. The van der Waals surface area contributed by atoms with Crippen LogP contribution in [0.4, 0.5) is 11.4 Å². The van der Waals surface area contributed by atoms with Crippen molar-refractivity contribution in [3.8, 4) is 28.6 Å². The minimum atomic E-state index is -1.35. The van der Waals surface area contributed by atoms with Gasteiger partial charge in [-0.1, -0.05) is 109 Å². The first kappa shape index (κ1) is 78.6. The largest absolute Gasteiger partial charge is 0.872 e. The molecule has 4 aromatic heterocycles. The number of nitrogens with two attached hydrogens (primary N) is 1. The number of para-hydroxylation sites is 2. The molecular formula is C91H89N9O11S. The van der Waals surface area contributed by atoms with Gasteiger partial charge in [-0.2, -0.15) is 9.13 Å². The van der Waals surface area contributed by atoms with Crippen molar-refractivity contribution in [3.63, 3.8) is 0 Å². The summed E-state index contributed by atoms with van der Waals surface area (Å²) in [5, 5.41) is 70.2. The van der Waals surface area contributed by atoms with Crippen molar-refractivity contribution in [3.05, 3.63) is 291 Å².